The van der Waals surface area contributed by atoms with Gasteiger partial charge in [0.2, 0.25) is 0 Å². The molecule has 0 saturated heterocycles. The van der Waals surface area contributed by atoms with Gasteiger partial charge < -0.3 is 15.5 Å². The number of nitrogens with one attached hydrogen (secondary N) is 1. The Morgan fingerprint density at radius 3 is 2.54 bits per heavy atom. The van der Waals surface area contributed by atoms with Crippen molar-refractivity contribution in [2.75, 3.05) is 6.61 Å². The molecule has 128 valence electrons. The second-order valence-corrected chi connectivity index (χ2v) is 5.91. The molecule has 0 aliphatic rings. The lowest BCUT2D eigenvalue weighted by molar-refractivity contribution is -0.384. The topological polar surface area (TPSA) is 131 Å². The van der Waals surface area contributed by atoms with Crippen LogP contribution in [-0.4, -0.2) is 43.5 Å². The number of nitro benzene ring substituents is 1. The van der Waals surface area contributed by atoms with Crippen molar-refractivity contribution >= 4 is 27.5 Å². The second-order valence-electron chi connectivity index (χ2n) is 5.06. The summed E-state index contributed by atoms with van der Waals surface area (Å²) in [5.41, 5.74) is 0.333. The van der Waals surface area contributed by atoms with Crippen LogP contribution >= 0.6 is 15.9 Å². The van der Waals surface area contributed by atoms with E-state index in [-0.39, 0.29) is 11.4 Å². The first-order valence-electron chi connectivity index (χ1n) is 6.86. The Morgan fingerprint density at radius 2 is 2.08 bits per heavy atom. The maximum atomic E-state index is 12.2. The highest BCUT2D eigenvalue weighted by Crippen LogP contribution is 2.21. The average molecular weight is 399 g/mol. The Kier molecular flexibility index (Phi) is 5.65. The number of aryl methyl sites for hydroxylation is 1. The van der Waals surface area contributed by atoms with Crippen molar-refractivity contribution in [2.45, 2.75) is 12.1 Å². The molecule has 10 heteroatoms. The van der Waals surface area contributed by atoms with Crippen LogP contribution in [0.25, 0.3) is 0 Å². The van der Waals surface area contributed by atoms with Crippen LogP contribution in [0.3, 0.4) is 0 Å². The zero-order chi connectivity index (χ0) is 17.9. The first kappa shape index (κ1) is 18.0. The third kappa shape index (κ3) is 3.96. The number of carbonyl (C=O) groups excluding carboxylic acids is 1. The number of benzene rings is 1. The molecule has 1 aromatic heterocycles. The Hall–Kier alpha value is -2.30. The van der Waals surface area contributed by atoms with Gasteiger partial charge in [0.15, 0.2) is 5.69 Å². The molecule has 1 heterocycles. The van der Waals surface area contributed by atoms with Crippen molar-refractivity contribution < 1.29 is 19.9 Å². The summed E-state index contributed by atoms with van der Waals surface area (Å²) in [5.74, 6) is -0.567. The van der Waals surface area contributed by atoms with Crippen molar-refractivity contribution in [3.8, 4) is 0 Å². The van der Waals surface area contributed by atoms with Crippen molar-refractivity contribution in [3.63, 3.8) is 0 Å². The van der Waals surface area contributed by atoms with Gasteiger partial charge in [-0.25, -0.2) is 0 Å². The molecular weight excluding hydrogens is 384 g/mol. The molecule has 2 aromatic rings. The maximum Gasteiger partial charge on any atom is 0.273 e. The van der Waals surface area contributed by atoms with Gasteiger partial charge in [-0.1, -0.05) is 0 Å². The molecule has 0 aliphatic carbocycles. The summed E-state index contributed by atoms with van der Waals surface area (Å²) in [6, 6.07) is 4.23. The maximum absolute atomic E-state index is 12.2. The van der Waals surface area contributed by atoms with Crippen molar-refractivity contribution in [1.29, 1.82) is 0 Å². The SMILES string of the molecule is Cn1cc(Br)c(C(=O)NC(CO)C(O)c2ccc([N+](=O)[O-])cc2)n1. The highest BCUT2D eigenvalue weighted by atomic mass is 79.9. The summed E-state index contributed by atoms with van der Waals surface area (Å²) in [4.78, 5) is 22.3. The number of amides is 1. The number of halogens is 1. The van der Waals surface area contributed by atoms with E-state index in [1.165, 1.54) is 28.9 Å². The summed E-state index contributed by atoms with van der Waals surface area (Å²) in [7, 11) is 1.65. The quantitative estimate of drug-likeness (QED) is 0.489. The predicted molar refractivity (Wildman–Crippen MR) is 87.3 cm³/mol. The molecule has 0 radical (unpaired) electrons. The van der Waals surface area contributed by atoms with Crippen LogP contribution in [-0.2, 0) is 7.05 Å². The van der Waals surface area contributed by atoms with Gasteiger partial charge in [-0.2, -0.15) is 5.10 Å². The molecule has 0 bridgehead atoms. The largest absolute Gasteiger partial charge is 0.394 e. The Labute approximate surface area is 145 Å². The van der Waals surface area contributed by atoms with Gasteiger partial charge in [0, 0.05) is 25.4 Å². The summed E-state index contributed by atoms with van der Waals surface area (Å²) in [6.45, 7) is -0.519. The standard InChI is InChI=1S/C14H15BrN4O5/c1-18-6-10(15)12(17-18)14(22)16-11(7-20)13(21)8-2-4-9(5-3-8)19(23)24/h2-6,11,13,20-21H,7H2,1H3,(H,16,22). The molecule has 9 nitrogen and oxygen atoms in total. The number of aliphatic hydroxyl groups is 2. The zero-order valence-electron chi connectivity index (χ0n) is 12.6. The molecular formula is C14H15BrN4O5. The summed E-state index contributed by atoms with van der Waals surface area (Å²) >= 11 is 3.20. The fourth-order valence-corrected chi connectivity index (χ4v) is 2.66. The van der Waals surface area contributed by atoms with Crippen LogP contribution in [0.4, 0.5) is 5.69 Å². The molecule has 3 N–H and O–H groups in total. The van der Waals surface area contributed by atoms with Crippen LogP contribution in [0, 0.1) is 10.1 Å². The Morgan fingerprint density at radius 1 is 1.46 bits per heavy atom. The molecule has 1 amide bonds. The fourth-order valence-electron chi connectivity index (χ4n) is 2.10. The highest BCUT2D eigenvalue weighted by molar-refractivity contribution is 9.10. The van der Waals surface area contributed by atoms with Crippen molar-refractivity contribution in [2.24, 2.45) is 7.05 Å². The summed E-state index contributed by atoms with van der Waals surface area (Å²) in [5, 5.41) is 36.9. The minimum atomic E-state index is -1.23. The monoisotopic (exact) mass is 398 g/mol. The van der Waals surface area contributed by atoms with Gasteiger partial charge in [-0.3, -0.25) is 19.6 Å². The molecule has 0 spiro atoms. The average Bonchev–Trinajstić information content (AvgIpc) is 2.90. The first-order chi connectivity index (χ1) is 11.3. The van der Waals surface area contributed by atoms with Crippen LogP contribution in [0.15, 0.2) is 34.9 Å². The Bertz CT molecular complexity index is 746. The molecule has 2 unspecified atom stereocenters. The zero-order valence-corrected chi connectivity index (χ0v) is 14.2. The van der Waals surface area contributed by atoms with E-state index in [4.69, 9.17) is 0 Å². The van der Waals surface area contributed by atoms with E-state index in [2.05, 4.69) is 26.3 Å². The molecule has 1 aromatic carbocycles. The third-order valence-electron chi connectivity index (χ3n) is 3.34. The number of aromatic nitrogens is 2. The van der Waals surface area contributed by atoms with E-state index in [0.717, 1.165) is 0 Å². The first-order valence-corrected chi connectivity index (χ1v) is 7.66. The van der Waals surface area contributed by atoms with Crippen molar-refractivity contribution in [1.82, 2.24) is 15.1 Å². The van der Waals surface area contributed by atoms with Crippen molar-refractivity contribution in [3.05, 3.63) is 56.3 Å². The smallest absolute Gasteiger partial charge is 0.273 e. The lowest BCUT2D eigenvalue weighted by Crippen LogP contribution is -2.42. The molecule has 2 rings (SSSR count). The molecule has 0 aliphatic heterocycles. The number of nitrogens with zero attached hydrogens (tertiary/aromatic N) is 3. The van der Waals surface area contributed by atoms with E-state index in [1.54, 1.807) is 13.2 Å². The number of hydrogen-bond acceptors (Lipinski definition) is 6. The summed E-state index contributed by atoms with van der Waals surface area (Å²) in [6.07, 6.45) is 0.359. The lowest BCUT2D eigenvalue weighted by Gasteiger charge is -2.22. The molecule has 0 saturated carbocycles. The van der Waals surface area contributed by atoms with Crippen LogP contribution < -0.4 is 5.32 Å². The number of aliphatic hydroxyl groups excluding tert-OH is 2. The number of rotatable bonds is 6. The number of nitro groups is 1. The van der Waals surface area contributed by atoms with E-state index >= 15 is 0 Å². The molecule has 24 heavy (non-hydrogen) atoms. The minimum absolute atomic E-state index is 0.117. The minimum Gasteiger partial charge on any atom is -0.394 e. The number of hydrogen-bond donors (Lipinski definition) is 3. The van der Waals surface area contributed by atoms with Gasteiger partial charge in [-0.05, 0) is 33.6 Å². The Balaban J connectivity index is 2.13. The van der Waals surface area contributed by atoms with Crippen LogP contribution in [0.1, 0.15) is 22.2 Å². The normalized spacial score (nSPS) is 13.3. The number of carbonyl (C=O) groups is 1. The highest BCUT2D eigenvalue weighted by Gasteiger charge is 2.25. The number of non-ortho nitro benzene ring substituents is 1. The van der Waals surface area contributed by atoms with Gasteiger partial charge in [0.05, 0.1) is 22.0 Å². The van der Waals surface area contributed by atoms with Gasteiger partial charge in [0.1, 0.15) is 6.10 Å². The lowest BCUT2D eigenvalue weighted by atomic mass is 10.0. The summed E-state index contributed by atoms with van der Waals surface area (Å²) < 4.78 is 1.92. The molecule has 2 atom stereocenters. The van der Waals surface area contributed by atoms with Gasteiger partial charge >= 0.3 is 0 Å². The molecule has 0 fully saturated rings. The van der Waals surface area contributed by atoms with Gasteiger partial charge in [0.25, 0.3) is 11.6 Å². The van der Waals surface area contributed by atoms with E-state index in [1.807, 2.05) is 0 Å². The predicted octanol–water partition coefficient (Wildman–Crippen LogP) is 0.915. The van der Waals surface area contributed by atoms with Gasteiger partial charge in [-0.15, -0.1) is 0 Å². The van der Waals surface area contributed by atoms with E-state index in [0.29, 0.717) is 10.0 Å². The van der Waals surface area contributed by atoms with Crippen LogP contribution in [0.5, 0.6) is 0 Å². The second kappa shape index (κ2) is 7.51. The van der Waals surface area contributed by atoms with E-state index in [9.17, 15) is 25.1 Å². The van der Waals surface area contributed by atoms with E-state index < -0.39 is 29.6 Å². The third-order valence-corrected chi connectivity index (χ3v) is 3.92. The van der Waals surface area contributed by atoms with Crippen LogP contribution in [0.2, 0.25) is 0 Å². The fraction of sp³-hybridized carbons (Fsp3) is 0.286.